The minimum absolute atomic E-state index is 0.117. The van der Waals surface area contributed by atoms with Gasteiger partial charge in [0, 0.05) is 23.6 Å². The topological polar surface area (TPSA) is 131 Å². The van der Waals surface area contributed by atoms with Crippen LogP contribution in [0.25, 0.3) is 32.9 Å². The van der Waals surface area contributed by atoms with Crippen LogP contribution in [0.15, 0.2) is 42.6 Å². The van der Waals surface area contributed by atoms with E-state index in [1.807, 2.05) is 42.6 Å². The number of aliphatic carboxylic acids is 1. The summed E-state index contributed by atoms with van der Waals surface area (Å²) in [7, 11) is 0. The van der Waals surface area contributed by atoms with Crippen molar-refractivity contribution >= 4 is 39.5 Å². The van der Waals surface area contributed by atoms with Gasteiger partial charge in [0.2, 0.25) is 5.95 Å². The first-order chi connectivity index (χ1) is 12.5. The summed E-state index contributed by atoms with van der Waals surface area (Å²) in [4.78, 5) is 22.4. The molecule has 2 aromatic heterocycles. The van der Waals surface area contributed by atoms with Gasteiger partial charge in [-0.05, 0) is 29.7 Å². The highest BCUT2D eigenvalue weighted by Gasteiger charge is 2.14. The molecule has 2 aromatic carbocycles. The Hall–Kier alpha value is -3.61. The lowest BCUT2D eigenvalue weighted by molar-refractivity contribution is -0.136. The summed E-state index contributed by atoms with van der Waals surface area (Å²) in [5, 5.41) is 10.5. The lowest BCUT2D eigenvalue weighted by Gasteiger charge is -2.10. The van der Waals surface area contributed by atoms with Crippen LogP contribution in [0.2, 0.25) is 0 Å². The van der Waals surface area contributed by atoms with Crippen molar-refractivity contribution in [3.63, 3.8) is 0 Å². The zero-order chi connectivity index (χ0) is 18.3. The number of aromatic nitrogens is 3. The van der Waals surface area contributed by atoms with Gasteiger partial charge < -0.3 is 21.6 Å². The SMILES string of the molecule is Nc1nc(N)c2c(cc(-c3ccc(CCC(=O)O)cc3)c3[nH]ccc32)n1. The number of fused-ring (bicyclic) bond motifs is 3. The van der Waals surface area contributed by atoms with E-state index in [0.717, 1.165) is 33.0 Å². The highest BCUT2D eigenvalue weighted by molar-refractivity contribution is 6.15. The molecule has 0 atom stereocenters. The van der Waals surface area contributed by atoms with Gasteiger partial charge in [0.25, 0.3) is 0 Å². The summed E-state index contributed by atoms with van der Waals surface area (Å²) in [6, 6.07) is 11.7. The predicted molar refractivity (Wildman–Crippen MR) is 102 cm³/mol. The first-order valence-corrected chi connectivity index (χ1v) is 8.17. The lowest BCUT2D eigenvalue weighted by Crippen LogP contribution is -2.01. The van der Waals surface area contributed by atoms with E-state index in [1.165, 1.54) is 0 Å². The molecular formula is C19H17N5O2. The molecule has 0 spiro atoms. The van der Waals surface area contributed by atoms with Crippen LogP contribution in [0.3, 0.4) is 0 Å². The second kappa shape index (κ2) is 6.03. The quantitative estimate of drug-likeness (QED) is 0.449. The second-order valence-electron chi connectivity index (χ2n) is 6.14. The van der Waals surface area contributed by atoms with E-state index in [2.05, 4.69) is 15.0 Å². The molecule has 7 nitrogen and oxygen atoms in total. The van der Waals surface area contributed by atoms with Crippen LogP contribution in [0.1, 0.15) is 12.0 Å². The van der Waals surface area contributed by atoms with Gasteiger partial charge in [-0.25, -0.2) is 4.98 Å². The minimum Gasteiger partial charge on any atom is -0.481 e. The van der Waals surface area contributed by atoms with Crippen LogP contribution in [-0.4, -0.2) is 26.0 Å². The average Bonchev–Trinajstić information content (AvgIpc) is 3.08. The zero-order valence-electron chi connectivity index (χ0n) is 13.9. The fourth-order valence-electron chi connectivity index (χ4n) is 3.23. The summed E-state index contributed by atoms with van der Waals surface area (Å²) in [6.45, 7) is 0. The predicted octanol–water partition coefficient (Wildman–Crippen LogP) is 2.96. The van der Waals surface area contributed by atoms with E-state index in [1.54, 1.807) is 0 Å². The van der Waals surface area contributed by atoms with Crippen LogP contribution < -0.4 is 11.5 Å². The van der Waals surface area contributed by atoms with E-state index in [0.29, 0.717) is 17.8 Å². The lowest BCUT2D eigenvalue weighted by atomic mass is 9.98. The number of nitrogens with zero attached hydrogens (tertiary/aromatic N) is 2. The van der Waals surface area contributed by atoms with E-state index in [4.69, 9.17) is 16.6 Å². The Kier molecular flexibility index (Phi) is 3.69. The average molecular weight is 347 g/mol. The monoisotopic (exact) mass is 347 g/mol. The molecule has 0 aliphatic carbocycles. The normalized spacial score (nSPS) is 11.2. The smallest absolute Gasteiger partial charge is 0.303 e. The van der Waals surface area contributed by atoms with Gasteiger partial charge >= 0.3 is 5.97 Å². The number of benzene rings is 2. The molecule has 0 aliphatic rings. The summed E-state index contributed by atoms with van der Waals surface area (Å²) < 4.78 is 0. The molecule has 0 amide bonds. The van der Waals surface area contributed by atoms with Crippen molar-refractivity contribution in [2.24, 2.45) is 0 Å². The molecule has 0 saturated heterocycles. The van der Waals surface area contributed by atoms with Gasteiger partial charge in [-0.2, -0.15) is 4.98 Å². The van der Waals surface area contributed by atoms with Gasteiger partial charge in [0.1, 0.15) is 5.82 Å². The fraction of sp³-hybridized carbons (Fsp3) is 0.105. The number of carbonyl (C=O) groups is 1. The standard InChI is InChI=1S/C19H17N5O2/c20-18-16-12-7-8-22-17(12)13(9-14(16)23-19(21)24-18)11-4-1-10(2-5-11)3-6-15(25)26/h1-2,4-5,7-9,22H,3,6H2,(H,25,26)(H4,20,21,23,24). The molecule has 0 radical (unpaired) electrons. The number of anilines is 2. The molecule has 26 heavy (non-hydrogen) atoms. The minimum atomic E-state index is -0.799. The number of carboxylic acids is 1. The number of nitrogens with two attached hydrogens (primary N) is 2. The summed E-state index contributed by atoms with van der Waals surface area (Å²) >= 11 is 0. The van der Waals surface area contributed by atoms with Crippen LogP contribution in [0, 0.1) is 0 Å². The number of hydrogen-bond acceptors (Lipinski definition) is 5. The highest BCUT2D eigenvalue weighted by atomic mass is 16.4. The highest BCUT2D eigenvalue weighted by Crippen LogP contribution is 2.35. The van der Waals surface area contributed by atoms with Crippen LogP contribution in [-0.2, 0) is 11.2 Å². The molecule has 2 heterocycles. The molecule has 4 rings (SSSR count). The van der Waals surface area contributed by atoms with Crippen LogP contribution >= 0.6 is 0 Å². The molecule has 0 bridgehead atoms. The molecule has 0 unspecified atom stereocenters. The third-order valence-corrected chi connectivity index (χ3v) is 4.44. The number of nitrogens with one attached hydrogen (secondary N) is 1. The molecule has 6 N–H and O–H groups in total. The number of carboxylic acid groups (broad SMARTS) is 1. The maximum absolute atomic E-state index is 10.7. The number of rotatable bonds is 4. The van der Waals surface area contributed by atoms with E-state index >= 15 is 0 Å². The van der Waals surface area contributed by atoms with Gasteiger partial charge in [-0.15, -0.1) is 0 Å². The molecule has 4 aromatic rings. The summed E-state index contributed by atoms with van der Waals surface area (Å²) in [6.07, 6.45) is 2.47. The molecule has 0 aliphatic heterocycles. The Morgan fingerprint density at radius 1 is 1.12 bits per heavy atom. The molecule has 0 saturated carbocycles. The first kappa shape index (κ1) is 15.9. The van der Waals surface area contributed by atoms with E-state index < -0.39 is 5.97 Å². The number of nitrogen functional groups attached to an aromatic ring is 2. The van der Waals surface area contributed by atoms with Crippen LogP contribution in [0.5, 0.6) is 0 Å². The van der Waals surface area contributed by atoms with Crippen molar-refractivity contribution in [1.29, 1.82) is 0 Å². The zero-order valence-corrected chi connectivity index (χ0v) is 13.9. The third kappa shape index (κ3) is 2.69. The fourth-order valence-corrected chi connectivity index (χ4v) is 3.23. The Morgan fingerprint density at radius 2 is 1.88 bits per heavy atom. The molecular weight excluding hydrogens is 330 g/mol. The van der Waals surface area contributed by atoms with E-state index in [-0.39, 0.29) is 12.4 Å². The maximum Gasteiger partial charge on any atom is 0.303 e. The van der Waals surface area contributed by atoms with Crippen molar-refractivity contribution in [2.75, 3.05) is 11.5 Å². The van der Waals surface area contributed by atoms with Gasteiger partial charge in [0.15, 0.2) is 0 Å². The van der Waals surface area contributed by atoms with E-state index in [9.17, 15) is 4.79 Å². The summed E-state index contributed by atoms with van der Waals surface area (Å²) in [5.41, 5.74) is 16.4. The number of hydrogen-bond donors (Lipinski definition) is 4. The Bertz CT molecular complexity index is 1130. The van der Waals surface area contributed by atoms with Crippen molar-refractivity contribution in [3.05, 3.63) is 48.2 Å². The number of aryl methyl sites for hydroxylation is 1. The van der Waals surface area contributed by atoms with Crippen molar-refractivity contribution in [1.82, 2.24) is 15.0 Å². The number of H-pyrrole nitrogens is 1. The molecule has 130 valence electrons. The maximum atomic E-state index is 10.7. The second-order valence-corrected chi connectivity index (χ2v) is 6.14. The largest absolute Gasteiger partial charge is 0.481 e. The van der Waals surface area contributed by atoms with Crippen molar-refractivity contribution < 1.29 is 9.90 Å². The molecule has 7 heteroatoms. The first-order valence-electron chi connectivity index (χ1n) is 8.17. The number of aromatic amines is 1. The van der Waals surface area contributed by atoms with Crippen molar-refractivity contribution in [2.45, 2.75) is 12.8 Å². The van der Waals surface area contributed by atoms with Crippen LogP contribution in [0.4, 0.5) is 11.8 Å². The van der Waals surface area contributed by atoms with Gasteiger partial charge in [0.05, 0.1) is 16.4 Å². The van der Waals surface area contributed by atoms with Gasteiger partial charge in [-0.1, -0.05) is 24.3 Å². The Morgan fingerprint density at radius 3 is 2.62 bits per heavy atom. The third-order valence-electron chi connectivity index (χ3n) is 4.44. The Balaban J connectivity index is 1.85. The molecule has 0 fully saturated rings. The van der Waals surface area contributed by atoms with Crippen molar-refractivity contribution in [3.8, 4) is 11.1 Å². The summed E-state index contributed by atoms with van der Waals surface area (Å²) in [5.74, 6) is -0.306. The Labute approximate surface area is 148 Å². The van der Waals surface area contributed by atoms with Gasteiger partial charge in [-0.3, -0.25) is 4.79 Å².